The van der Waals surface area contributed by atoms with Crippen molar-refractivity contribution in [3.8, 4) is 6.07 Å². The fraction of sp³-hybridized carbons (Fsp3) is 0.0625. The zero-order chi connectivity index (χ0) is 16.4. The van der Waals surface area contributed by atoms with Gasteiger partial charge in [-0.3, -0.25) is 5.32 Å². The van der Waals surface area contributed by atoms with Gasteiger partial charge in [-0.15, -0.1) is 0 Å². The highest BCUT2D eigenvalue weighted by molar-refractivity contribution is 7.22. The van der Waals surface area contributed by atoms with E-state index < -0.39 is 6.03 Å². The molecular formula is C16H11ClN4OS. The summed E-state index contributed by atoms with van der Waals surface area (Å²) in [6.45, 7) is 1.92. The monoisotopic (exact) mass is 342 g/mol. The number of amides is 2. The average molecular weight is 343 g/mol. The maximum atomic E-state index is 12.0. The Morgan fingerprint density at radius 2 is 2.13 bits per heavy atom. The quantitative estimate of drug-likeness (QED) is 0.703. The largest absolute Gasteiger partial charge is 0.325 e. The van der Waals surface area contributed by atoms with Crippen LogP contribution < -0.4 is 10.6 Å². The van der Waals surface area contributed by atoms with E-state index in [-0.39, 0.29) is 0 Å². The van der Waals surface area contributed by atoms with Crippen LogP contribution in [0.15, 0.2) is 36.4 Å². The summed E-state index contributed by atoms with van der Waals surface area (Å²) in [5.41, 5.74) is 2.80. The Hall–Kier alpha value is -2.62. The van der Waals surface area contributed by atoms with Gasteiger partial charge in [0.25, 0.3) is 0 Å². The number of aromatic nitrogens is 1. The molecule has 0 radical (unpaired) electrons. The Labute approximate surface area is 141 Å². The molecule has 2 aromatic carbocycles. The minimum absolute atomic E-state index is 0.414. The third-order valence-electron chi connectivity index (χ3n) is 3.12. The predicted molar refractivity (Wildman–Crippen MR) is 93.2 cm³/mol. The molecule has 1 aromatic heterocycles. The zero-order valence-electron chi connectivity index (χ0n) is 12.1. The number of halogens is 1. The first-order chi connectivity index (χ1) is 11.0. The fourth-order valence-electron chi connectivity index (χ4n) is 2.13. The van der Waals surface area contributed by atoms with Gasteiger partial charge in [0.05, 0.1) is 21.8 Å². The molecule has 0 aliphatic rings. The second-order valence-corrected chi connectivity index (χ2v) is 6.33. The summed E-state index contributed by atoms with van der Waals surface area (Å²) in [4.78, 5) is 16.4. The van der Waals surface area contributed by atoms with Crippen LogP contribution in [-0.2, 0) is 0 Å². The van der Waals surface area contributed by atoms with Crippen molar-refractivity contribution in [3.63, 3.8) is 0 Å². The van der Waals surface area contributed by atoms with Gasteiger partial charge in [0, 0.05) is 10.7 Å². The lowest BCUT2D eigenvalue weighted by molar-refractivity contribution is 0.262. The van der Waals surface area contributed by atoms with Gasteiger partial charge in [0.1, 0.15) is 0 Å². The van der Waals surface area contributed by atoms with Gasteiger partial charge < -0.3 is 5.32 Å². The number of benzene rings is 2. The number of nitrogens with one attached hydrogen (secondary N) is 2. The number of carbonyl (C=O) groups is 1. The number of aryl methyl sites for hydroxylation is 1. The van der Waals surface area contributed by atoms with E-state index in [1.807, 2.05) is 25.1 Å². The summed E-state index contributed by atoms with van der Waals surface area (Å²) in [6.07, 6.45) is 0. The van der Waals surface area contributed by atoms with E-state index in [0.717, 1.165) is 15.8 Å². The van der Waals surface area contributed by atoms with Crippen LogP contribution in [0, 0.1) is 18.3 Å². The summed E-state index contributed by atoms with van der Waals surface area (Å²) in [6, 6.07) is 12.0. The molecular weight excluding hydrogens is 332 g/mol. The second-order valence-electron chi connectivity index (χ2n) is 4.86. The van der Waals surface area contributed by atoms with E-state index in [1.165, 1.54) is 11.3 Å². The summed E-state index contributed by atoms with van der Waals surface area (Å²) in [5.74, 6) is 0. The van der Waals surface area contributed by atoms with Crippen molar-refractivity contribution < 1.29 is 4.79 Å². The lowest BCUT2D eigenvalue weighted by Crippen LogP contribution is -2.19. The minimum Gasteiger partial charge on any atom is -0.308 e. The van der Waals surface area contributed by atoms with E-state index in [1.54, 1.807) is 24.3 Å². The molecule has 0 saturated heterocycles. The van der Waals surface area contributed by atoms with Crippen molar-refractivity contribution in [2.75, 3.05) is 10.6 Å². The Kier molecular flexibility index (Phi) is 4.15. The molecule has 2 N–H and O–H groups in total. The summed E-state index contributed by atoms with van der Waals surface area (Å²) >= 11 is 7.38. The lowest BCUT2D eigenvalue weighted by atomic mass is 10.2. The van der Waals surface area contributed by atoms with E-state index in [9.17, 15) is 4.79 Å². The third-order valence-corrected chi connectivity index (χ3v) is 4.26. The highest BCUT2D eigenvalue weighted by atomic mass is 35.5. The van der Waals surface area contributed by atoms with Crippen molar-refractivity contribution in [3.05, 3.63) is 52.5 Å². The van der Waals surface area contributed by atoms with Crippen molar-refractivity contribution in [2.24, 2.45) is 0 Å². The molecule has 0 unspecified atom stereocenters. The molecule has 0 spiro atoms. The topological polar surface area (TPSA) is 77.8 Å². The molecule has 0 bridgehead atoms. The molecule has 2 amide bonds. The summed E-state index contributed by atoms with van der Waals surface area (Å²) < 4.78 is 0.914. The van der Waals surface area contributed by atoms with Gasteiger partial charge in [-0.2, -0.15) is 5.26 Å². The summed E-state index contributed by atoms with van der Waals surface area (Å²) in [5, 5.41) is 15.4. The van der Waals surface area contributed by atoms with E-state index in [4.69, 9.17) is 16.9 Å². The van der Waals surface area contributed by atoms with Crippen LogP contribution in [0.4, 0.5) is 15.6 Å². The lowest BCUT2D eigenvalue weighted by Gasteiger charge is -2.05. The van der Waals surface area contributed by atoms with E-state index in [0.29, 0.717) is 21.4 Å². The van der Waals surface area contributed by atoms with Gasteiger partial charge in [-0.25, -0.2) is 9.78 Å². The second kappa shape index (κ2) is 6.24. The molecule has 0 saturated carbocycles. The molecule has 5 nitrogen and oxygen atoms in total. The Bertz CT molecular complexity index is 945. The van der Waals surface area contributed by atoms with Crippen LogP contribution in [0.3, 0.4) is 0 Å². The maximum Gasteiger partial charge on any atom is 0.325 e. The van der Waals surface area contributed by atoms with Gasteiger partial charge in [0.15, 0.2) is 5.13 Å². The van der Waals surface area contributed by atoms with Crippen LogP contribution >= 0.6 is 22.9 Å². The first kappa shape index (κ1) is 15.3. The number of carbonyl (C=O) groups excluding carboxylic acids is 1. The van der Waals surface area contributed by atoms with Crippen LogP contribution in [-0.4, -0.2) is 11.0 Å². The molecule has 114 valence electrons. The van der Waals surface area contributed by atoms with Gasteiger partial charge >= 0.3 is 6.03 Å². The Morgan fingerprint density at radius 3 is 2.91 bits per heavy atom. The molecule has 23 heavy (non-hydrogen) atoms. The van der Waals surface area contributed by atoms with Gasteiger partial charge in [0.2, 0.25) is 0 Å². The Balaban J connectivity index is 1.77. The number of fused-ring (bicyclic) bond motifs is 1. The molecule has 0 fully saturated rings. The zero-order valence-corrected chi connectivity index (χ0v) is 13.6. The van der Waals surface area contributed by atoms with Crippen molar-refractivity contribution in [2.45, 2.75) is 6.92 Å². The molecule has 3 aromatic rings. The van der Waals surface area contributed by atoms with E-state index in [2.05, 4.69) is 15.6 Å². The smallest absolute Gasteiger partial charge is 0.308 e. The molecule has 0 aliphatic heterocycles. The number of hydrogen-bond acceptors (Lipinski definition) is 4. The van der Waals surface area contributed by atoms with Crippen LogP contribution in [0.25, 0.3) is 10.2 Å². The van der Waals surface area contributed by atoms with Crippen molar-refractivity contribution in [1.82, 2.24) is 4.98 Å². The molecule has 7 heteroatoms. The fourth-order valence-corrected chi connectivity index (χ4v) is 3.45. The molecule has 1 heterocycles. The standard InChI is InChI=1S/C16H11ClN4OS/c1-9-5-11(17)7-13-14(9)20-16(23-13)21-15(22)19-12-4-2-3-10(6-12)8-18/h2-7H,1H3,(H2,19,20,21,22). The van der Waals surface area contributed by atoms with Gasteiger partial charge in [-0.1, -0.05) is 29.0 Å². The minimum atomic E-state index is -0.414. The highest BCUT2D eigenvalue weighted by Crippen LogP contribution is 2.31. The van der Waals surface area contributed by atoms with Crippen molar-refractivity contribution >= 4 is 50.0 Å². The maximum absolute atomic E-state index is 12.0. The van der Waals surface area contributed by atoms with Crippen molar-refractivity contribution in [1.29, 1.82) is 5.26 Å². The molecule has 0 aliphatic carbocycles. The van der Waals surface area contributed by atoms with Gasteiger partial charge in [-0.05, 0) is 42.8 Å². The number of hydrogen-bond donors (Lipinski definition) is 2. The summed E-state index contributed by atoms with van der Waals surface area (Å²) in [7, 11) is 0. The molecule has 3 rings (SSSR count). The van der Waals surface area contributed by atoms with Crippen LogP contribution in [0.1, 0.15) is 11.1 Å². The normalized spacial score (nSPS) is 10.3. The number of rotatable bonds is 2. The number of nitriles is 1. The van der Waals surface area contributed by atoms with E-state index >= 15 is 0 Å². The van der Waals surface area contributed by atoms with Crippen LogP contribution in [0.5, 0.6) is 0 Å². The number of nitrogens with zero attached hydrogens (tertiary/aromatic N) is 2. The first-order valence-corrected chi connectivity index (χ1v) is 7.89. The number of anilines is 2. The number of thiazole rings is 1. The SMILES string of the molecule is Cc1cc(Cl)cc2sc(NC(=O)Nc3cccc(C#N)c3)nc12. The average Bonchev–Trinajstić information content (AvgIpc) is 2.89. The predicted octanol–water partition coefficient (Wildman–Crippen LogP) is 4.77. The molecule has 0 atom stereocenters. The first-order valence-electron chi connectivity index (χ1n) is 6.70. The Morgan fingerprint density at radius 1 is 1.30 bits per heavy atom. The number of urea groups is 1. The highest BCUT2D eigenvalue weighted by Gasteiger charge is 2.10. The third kappa shape index (κ3) is 3.42. The van der Waals surface area contributed by atoms with Crippen LogP contribution in [0.2, 0.25) is 5.02 Å².